The Labute approximate surface area is 167 Å². The zero-order valence-electron chi connectivity index (χ0n) is 16.0. The molecule has 0 saturated carbocycles. The lowest BCUT2D eigenvalue weighted by atomic mass is 10.1. The lowest BCUT2D eigenvalue weighted by Crippen LogP contribution is -2.39. The molecule has 1 N–H and O–H groups in total. The Hall–Kier alpha value is -3.33. The van der Waals surface area contributed by atoms with Gasteiger partial charge in [0.2, 0.25) is 5.88 Å². The lowest BCUT2D eigenvalue weighted by molar-refractivity contribution is 0.0693. The van der Waals surface area contributed by atoms with Gasteiger partial charge in [-0.1, -0.05) is 5.16 Å². The van der Waals surface area contributed by atoms with Gasteiger partial charge in [0, 0.05) is 43.3 Å². The van der Waals surface area contributed by atoms with Gasteiger partial charge < -0.3 is 19.3 Å². The van der Waals surface area contributed by atoms with Gasteiger partial charge in [-0.2, -0.15) is 0 Å². The minimum absolute atomic E-state index is 0.108. The van der Waals surface area contributed by atoms with E-state index in [2.05, 4.69) is 25.7 Å². The van der Waals surface area contributed by atoms with Gasteiger partial charge in [0.25, 0.3) is 5.91 Å². The molecule has 0 spiro atoms. The normalized spacial score (nSPS) is 14.5. The van der Waals surface area contributed by atoms with Crippen LogP contribution in [0.1, 0.15) is 34.7 Å². The van der Waals surface area contributed by atoms with Crippen molar-refractivity contribution in [2.45, 2.75) is 32.4 Å². The molecule has 9 nitrogen and oxygen atoms in total. The predicted octanol–water partition coefficient (Wildman–Crippen LogP) is 2.32. The topological polar surface area (TPSA) is 112 Å². The predicted molar refractivity (Wildman–Crippen MR) is 102 cm³/mol. The van der Waals surface area contributed by atoms with E-state index in [1.165, 1.54) is 0 Å². The molecule has 29 heavy (non-hydrogen) atoms. The monoisotopic (exact) mass is 395 g/mol. The first-order chi connectivity index (χ1) is 14.2. The first-order valence-corrected chi connectivity index (χ1v) is 9.41. The number of nitrogens with zero attached hydrogens (tertiary/aromatic N) is 4. The molecule has 4 heterocycles. The highest BCUT2D eigenvalue weighted by molar-refractivity contribution is 5.92. The van der Waals surface area contributed by atoms with Crippen molar-refractivity contribution < 1.29 is 18.8 Å². The summed E-state index contributed by atoms with van der Waals surface area (Å²) in [6.07, 6.45) is 5.02. The number of pyridine rings is 1. The number of hydrogen-bond acceptors (Lipinski definition) is 8. The van der Waals surface area contributed by atoms with E-state index in [9.17, 15) is 4.79 Å². The molecule has 0 unspecified atom stereocenters. The Balaban J connectivity index is 1.39. The number of nitrogens with one attached hydrogen (secondary N) is 1. The van der Waals surface area contributed by atoms with Gasteiger partial charge in [-0.05, 0) is 38.0 Å². The molecule has 1 fully saturated rings. The zero-order valence-corrected chi connectivity index (χ0v) is 16.0. The summed E-state index contributed by atoms with van der Waals surface area (Å²) >= 11 is 0. The summed E-state index contributed by atoms with van der Waals surface area (Å²) in [5.41, 5.74) is 2.58. The van der Waals surface area contributed by atoms with Crippen LogP contribution in [0.5, 0.6) is 5.88 Å². The van der Waals surface area contributed by atoms with Crippen molar-refractivity contribution in [2.24, 2.45) is 0 Å². The maximum absolute atomic E-state index is 12.3. The van der Waals surface area contributed by atoms with Crippen LogP contribution in [0.25, 0.3) is 11.3 Å². The zero-order chi connectivity index (χ0) is 20.1. The fraction of sp³-hybridized carbons (Fsp3) is 0.350. The van der Waals surface area contributed by atoms with E-state index in [4.69, 9.17) is 14.0 Å². The number of aromatic nitrogens is 4. The Morgan fingerprint density at radius 2 is 2.10 bits per heavy atom. The quantitative estimate of drug-likeness (QED) is 0.677. The summed E-state index contributed by atoms with van der Waals surface area (Å²) < 4.78 is 16.3. The first-order valence-electron chi connectivity index (χ1n) is 9.41. The van der Waals surface area contributed by atoms with Crippen LogP contribution in [-0.4, -0.2) is 45.5 Å². The molecular weight excluding hydrogens is 374 g/mol. The lowest BCUT2D eigenvalue weighted by Gasteiger charge is -2.22. The molecule has 3 aromatic rings. The Morgan fingerprint density at radius 3 is 2.83 bits per heavy atom. The molecule has 1 saturated heterocycles. The van der Waals surface area contributed by atoms with Crippen LogP contribution < -0.4 is 10.1 Å². The highest BCUT2D eigenvalue weighted by Gasteiger charge is 2.19. The van der Waals surface area contributed by atoms with Crippen molar-refractivity contribution in [3.8, 4) is 17.1 Å². The van der Waals surface area contributed by atoms with Crippen LogP contribution in [0.2, 0.25) is 0 Å². The van der Waals surface area contributed by atoms with E-state index in [1.54, 1.807) is 24.5 Å². The molecular formula is C20H21N5O4. The van der Waals surface area contributed by atoms with Crippen LogP contribution in [0.4, 0.5) is 0 Å². The summed E-state index contributed by atoms with van der Waals surface area (Å²) in [7, 11) is 0. The summed E-state index contributed by atoms with van der Waals surface area (Å²) in [5, 5.41) is 15.0. The van der Waals surface area contributed by atoms with Crippen LogP contribution in [-0.2, 0) is 11.3 Å². The van der Waals surface area contributed by atoms with Crippen molar-refractivity contribution in [1.29, 1.82) is 0 Å². The molecule has 0 bridgehead atoms. The van der Waals surface area contributed by atoms with Gasteiger partial charge in [-0.3, -0.25) is 9.78 Å². The second-order valence-electron chi connectivity index (χ2n) is 6.71. The van der Waals surface area contributed by atoms with Crippen molar-refractivity contribution in [3.05, 3.63) is 53.7 Å². The average Bonchev–Trinajstić information content (AvgIpc) is 3.14. The van der Waals surface area contributed by atoms with Crippen LogP contribution in [0.3, 0.4) is 0 Å². The van der Waals surface area contributed by atoms with E-state index >= 15 is 0 Å². The molecule has 0 radical (unpaired) electrons. The fourth-order valence-corrected chi connectivity index (χ4v) is 3.06. The van der Waals surface area contributed by atoms with Crippen molar-refractivity contribution >= 4 is 5.91 Å². The Morgan fingerprint density at radius 1 is 1.24 bits per heavy atom. The minimum Gasteiger partial charge on any atom is -0.472 e. The molecule has 1 aliphatic rings. The molecule has 0 aliphatic carbocycles. The van der Waals surface area contributed by atoms with Gasteiger partial charge in [-0.15, -0.1) is 10.2 Å². The summed E-state index contributed by atoms with van der Waals surface area (Å²) in [6, 6.07) is 7.06. The number of aryl methyl sites for hydroxylation is 1. The Kier molecular flexibility index (Phi) is 5.76. The second kappa shape index (κ2) is 8.78. The van der Waals surface area contributed by atoms with E-state index in [-0.39, 0.29) is 24.2 Å². The van der Waals surface area contributed by atoms with E-state index in [1.807, 2.05) is 19.1 Å². The maximum Gasteiger partial charge on any atom is 0.272 e. The number of rotatable bonds is 6. The first kappa shape index (κ1) is 19.0. The Bertz CT molecular complexity index is 953. The summed E-state index contributed by atoms with van der Waals surface area (Å²) in [6.45, 7) is 3.35. The molecule has 4 rings (SSSR count). The second-order valence-corrected chi connectivity index (χ2v) is 6.71. The van der Waals surface area contributed by atoms with Crippen LogP contribution in [0.15, 0.2) is 41.2 Å². The number of ether oxygens (including phenoxy) is 2. The van der Waals surface area contributed by atoms with Gasteiger partial charge in [0.1, 0.15) is 18.1 Å². The molecule has 1 amide bonds. The molecule has 9 heteroatoms. The highest BCUT2D eigenvalue weighted by Crippen LogP contribution is 2.25. The van der Waals surface area contributed by atoms with E-state index in [0.29, 0.717) is 30.5 Å². The van der Waals surface area contributed by atoms with Gasteiger partial charge in [0.05, 0.1) is 5.56 Å². The van der Waals surface area contributed by atoms with Crippen molar-refractivity contribution in [3.63, 3.8) is 0 Å². The number of hydrogen-bond donors (Lipinski definition) is 1. The summed E-state index contributed by atoms with van der Waals surface area (Å²) in [5.74, 6) is 0.722. The van der Waals surface area contributed by atoms with Crippen molar-refractivity contribution in [1.82, 2.24) is 25.7 Å². The third kappa shape index (κ3) is 4.57. The average molecular weight is 395 g/mol. The molecule has 150 valence electrons. The summed E-state index contributed by atoms with van der Waals surface area (Å²) in [4.78, 5) is 16.4. The molecule has 0 atom stereocenters. The van der Waals surface area contributed by atoms with E-state index < -0.39 is 0 Å². The van der Waals surface area contributed by atoms with Crippen LogP contribution in [0, 0.1) is 6.92 Å². The number of carbonyl (C=O) groups is 1. The van der Waals surface area contributed by atoms with Crippen LogP contribution >= 0.6 is 0 Å². The van der Waals surface area contributed by atoms with Crippen molar-refractivity contribution in [2.75, 3.05) is 13.2 Å². The smallest absolute Gasteiger partial charge is 0.272 e. The van der Waals surface area contributed by atoms with Gasteiger partial charge >= 0.3 is 0 Å². The maximum atomic E-state index is 12.3. The third-order valence-electron chi connectivity index (χ3n) is 4.71. The molecule has 0 aromatic carbocycles. The molecule has 3 aromatic heterocycles. The molecule has 1 aliphatic heterocycles. The number of amides is 1. The van der Waals surface area contributed by atoms with Gasteiger partial charge in [-0.25, -0.2) is 0 Å². The third-order valence-corrected chi connectivity index (χ3v) is 4.71. The standard InChI is InChI=1S/C20H21N5O4/c1-13-16(19(25-29-13)14-3-2-8-21-11-14)12-28-18-5-4-17(23-24-18)20(26)22-15-6-9-27-10-7-15/h2-5,8,11,15H,6-7,9-10,12H2,1H3,(H,22,26). The minimum atomic E-state index is -0.246. The largest absolute Gasteiger partial charge is 0.472 e. The number of carbonyl (C=O) groups excluding carboxylic acids is 1. The highest BCUT2D eigenvalue weighted by atomic mass is 16.5. The SMILES string of the molecule is Cc1onc(-c2cccnc2)c1COc1ccc(C(=O)NC2CCOCC2)nn1. The van der Waals surface area contributed by atoms with Gasteiger partial charge in [0.15, 0.2) is 5.69 Å². The fourth-order valence-electron chi connectivity index (χ4n) is 3.06. The van der Waals surface area contributed by atoms with E-state index in [0.717, 1.165) is 24.0 Å².